The predicted octanol–water partition coefficient (Wildman–Crippen LogP) is 4.00. The fourth-order valence-corrected chi connectivity index (χ4v) is 4.74. The molecule has 1 aliphatic heterocycles. The van der Waals surface area contributed by atoms with Gasteiger partial charge in [-0.1, -0.05) is 31.7 Å². The van der Waals surface area contributed by atoms with Gasteiger partial charge in [-0.05, 0) is 35.8 Å². The molecule has 0 saturated carbocycles. The van der Waals surface area contributed by atoms with Crippen LogP contribution >= 0.6 is 11.8 Å². The molecule has 0 amide bonds. The Labute approximate surface area is 180 Å². The third-order valence-electron chi connectivity index (χ3n) is 5.64. The highest BCUT2D eigenvalue weighted by Crippen LogP contribution is 2.50. The van der Waals surface area contributed by atoms with Gasteiger partial charge in [0.2, 0.25) is 0 Å². The first-order chi connectivity index (χ1) is 14.3. The molecule has 2 heterocycles. The van der Waals surface area contributed by atoms with Gasteiger partial charge in [-0.2, -0.15) is 0 Å². The Balaban J connectivity index is 1.97. The monoisotopic (exact) mass is 426 g/mol. The Bertz CT molecular complexity index is 1060. The highest BCUT2D eigenvalue weighted by Gasteiger charge is 2.42. The summed E-state index contributed by atoms with van der Waals surface area (Å²) in [5.74, 6) is 2.02. The molecule has 158 valence electrons. The largest absolute Gasteiger partial charge is 0.493 e. The molecule has 4 rings (SSSR count). The first-order valence-electron chi connectivity index (χ1n) is 9.74. The topological polar surface area (TPSA) is 99.4 Å². The van der Waals surface area contributed by atoms with Crippen molar-refractivity contribution in [2.75, 3.05) is 31.5 Å². The van der Waals surface area contributed by atoms with Gasteiger partial charge >= 0.3 is 0 Å². The molecule has 1 atom stereocenters. The Hall–Kier alpha value is -2.74. The van der Waals surface area contributed by atoms with Crippen LogP contribution in [0.5, 0.6) is 11.5 Å². The van der Waals surface area contributed by atoms with E-state index in [1.807, 2.05) is 24.5 Å². The number of benzene rings is 1. The molecule has 30 heavy (non-hydrogen) atoms. The van der Waals surface area contributed by atoms with Crippen LogP contribution < -0.4 is 20.5 Å². The number of methoxy groups -OCH3 is 2. The van der Waals surface area contributed by atoms with Crippen LogP contribution in [0.1, 0.15) is 43.7 Å². The van der Waals surface area contributed by atoms with Gasteiger partial charge in [0.05, 0.1) is 14.2 Å². The molecule has 0 radical (unpaired) electrons. The number of allylic oxidation sites excluding steroid dienone is 2. The first-order valence-corrected chi connectivity index (χ1v) is 11.0. The first kappa shape index (κ1) is 20.5. The predicted molar refractivity (Wildman–Crippen MR) is 118 cm³/mol. The van der Waals surface area contributed by atoms with E-state index in [9.17, 15) is 4.79 Å². The molecule has 8 heteroatoms. The van der Waals surface area contributed by atoms with Crippen LogP contribution in [-0.2, 0) is 4.79 Å². The zero-order valence-corrected chi connectivity index (χ0v) is 18.6. The van der Waals surface area contributed by atoms with Crippen molar-refractivity contribution >= 4 is 29.2 Å². The number of ether oxygens (including phenoxy) is 2. The van der Waals surface area contributed by atoms with Gasteiger partial charge in [-0.3, -0.25) is 4.79 Å². The molecular formula is C22H26N4O3S. The summed E-state index contributed by atoms with van der Waals surface area (Å²) >= 11 is 1.43. The van der Waals surface area contributed by atoms with Crippen molar-refractivity contribution in [2.24, 2.45) is 5.41 Å². The number of hydrogen-bond donors (Lipinski definition) is 2. The van der Waals surface area contributed by atoms with Crippen molar-refractivity contribution in [3.63, 3.8) is 0 Å². The summed E-state index contributed by atoms with van der Waals surface area (Å²) in [6.07, 6.45) is 3.15. The average molecular weight is 427 g/mol. The number of ketones is 1. The Morgan fingerprint density at radius 2 is 1.90 bits per heavy atom. The Morgan fingerprint density at radius 3 is 2.57 bits per heavy atom. The summed E-state index contributed by atoms with van der Waals surface area (Å²) in [5, 5.41) is 4.00. The smallest absolute Gasteiger partial charge is 0.191 e. The highest BCUT2D eigenvalue weighted by molar-refractivity contribution is 7.98. The van der Waals surface area contributed by atoms with Crippen LogP contribution in [0.15, 0.2) is 34.6 Å². The fraction of sp³-hybridized carbons (Fsp3) is 0.409. The number of nitrogen functional groups attached to an aromatic ring is 1. The molecule has 7 nitrogen and oxygen atoms in total. The maximum atomic E-state index is 13.3. The molecule has 0 spiro atoms. The number of carbonyl (C=O) groups excluding carboxylic acids is 1. The molecule has 0 bridgehead atoms. The molecule has 2 aliphatic rings. The number of aromatic nitrogens is 2. The minimum atomic E-state index is -0.365. The van der Waals surface area contributed by atoms with E-state index in [1.54, 1.807) is 14.2 Å². The van der Waals surface area contributed by atoms with E-state index < -0.39 is 0 Å². The quantitative estimate of drug-likeness (QED) is 0.559. The summed E-state index contributed by atoms with van der Waals surface area (Å²) in [7, 11) is 3.19. The summed E-state index contributed by atoms with van der Waals surface area (Å²) in [6.45, 7) is 4.22. The molecule has 1 aliphatic carbocycles. The van der Waals surface area contributed by atoms with E-state index in [-0.39, 0.29) is 17.1 Å². The van der Waals surface area contributed by atoms with Crippen molar-refractivity contribution in [2.45, 2.75) is 37.8 Å². The molecular weight excluding hydrogens is 400 g/mol. The maximum Gasteiger partial charge on any atom is 0.191 e. The van der Waals surface area contributed by atoms with E-state index >= 15 is 0 Å². The summed E-state index contributed by atoms with van der Waals surface area (Å²) in [4.78, 5) is 22.4. The molecule has 1 aromatic heterocycles. The van der Waals surface area contributed by atoms with Crippen molar-refractivity contribution in [1.82, 2.24) is 9.97 Å². The number of nitrogens with one attached hydrogen (secondary N) is 1. The minimum Gasteiger partial charge on any atom is -0.493 e. The molecule has 0 saturated heterocycles. The van der Waals surface area contributed by atoms with Crippen LogP contribution in [0.4, 0.5) is 11.6 Å². The number of nitrogens with zero attached hydrogens (tertiary/aromatic N) is 2. The third-order valence-corrected chi connectivity index (χ3v) is 6.19. The van der Waals surface area contributed by atoms with Crippen molar-refractivity contribution in [3.8, 4) is 11.5 Å². The summed E-state index contributed by atoms with van der Waals surface area (Å²) < 4.78 is 10.9. The lowest BCUT2D eigenvalue weighted by atomic mass is 9.69. The van der Waals surface area contributed by atoms with Crippen molar-refractivity contribution < 1.29 is 14.3 Å². The normalized spacial score (nSPS) is 19.6. The lowest BCUT2D eigenvalue weighted by Crippen LogP contribution is -2.34. The number of thioether (sulfide) groups is 1. The van der Waals surface area contributed by atoms with Crippen molar-refractivity contribution in [1.29, 1.82) is 0 Å². The van der Waals surface area contributed by atoms with E-state index in [4.69, 9.17) is 15.2 Å². The lowest BCUT2D eigenvalue weighted by molar-refractivity contribution is -0.118. The van der Waals surface area contributed by atoms with Gasteiger partial charge in [0.1, 0.15) is 11.6 Å². The third kappa shape index (κ3) is 3.39. The number of anilines is 2. The number of rotatable bonds is 4. The Morgan fingerprint density at radius 1 is 1.17 bits per heavy atom. The number of carbonyl (C=O) groups is 1. The van der Waals surface area contributed by atoms with Crippen LogP contribution in [-0.4, -0.2) is 36.2 Å². The van der Waals surface area contributed by atoms with Gasteiger partial charge in [-0.25, -0.2) is 9.97 Å². The van der Waals surface area contributed by atoms with Gasteiger partial charge in [0.25, 0.3) is 0 Å². The molecule has 3 N–H and O–H groups in total. The highest BCUT2D eigenvalue weighted by atomic mass is 32.2. The average Bonchev–Trinajstić information content (AvgIpc) is 2.70. The van der Waals surface area contributed by atoms with Crippen LogP contribution in [0.2, 0.25) is 0 Å². The number of Topliss-reactive ketones (excluding diaryl/α,β-unsaturated/α-hetero) is 1. The fourth-order valence-electron chi connectivity index (χ4n) is 4.37. The number of nitrogens with two attached hydrogens (primary N) is 1. The van der Waals surface area contributed by atoms with E-state index in [0.29, 0.717) is 34.7 Å². The van der Waals surface area contributed by atoms with Gasteiger partial charge in [-0.15, -0.1) is 0 Å². The van der Waals surface area contributed by atoms with Crippen LogP contribution in [0, 0.1) is 5.41 Å². The van der Waals surface area contributed by atoms with Gasteiger partial charge < -0.3 is 20.5 Å². The summed E-state index contributed by atoms with van der Waals surface area (Å²) in [5.41, 5.74) is 9.55. The van der Waals surface area contributed by atoms with Gasteiger partial charge in [0, 0.05) is 29.2 Å². The molecule has 1 aromatic carbocycles. The van der Waals surface area contributed by atoms with Crippen LogP contribution in [0.3, 0.4) is 0 Å². The zero-order chi connectivity index (χ0) is 21.6. The second kappa shape index (κ2) is 7.50. The summed E-state index contributed by atoms with van der Waals surface area (Å²) in [6, 6.07) is 5.69. The van der Waals surface area contributed by atoms with Crippen LogP contribution in [0.25, 0.3) is 0 Å². The second-order valence-corrected chi connectivity index (χ2v) is 9.14. The standard InChI is InChI=1S/C22H26N4O3S/c1-22(2)9-12-17(13(27)10-22)16(11-6-7-14(28-3)15(8-11)29-4)18-19(23)25-21(30-5)26-20(18)24-12/h6-8,16H,9-10H2,1-5H3,(H3,23,24,25,26)/t16-/m1/s1. The van der Waals surface area contributed by atoms with E-state index in [0.717, 1.165) is 28.8 Å². The zero-order valence-electron chi connectivity index (χ0n) is 17.8. The second-order valence-electron chi connectivity index (χ2n) is 8.36. The number of fused-ring (bicyclic) bond motifs is 1. The lowest BCUT2D eigenvalue weighted by Gasteiger charge is -2.39. The Kier molecular flexibility index (Phi) is 5.13. The molecule has 0 fully saturated rings. The van der Waals surface area contributed by atoms with Crippen molar-refractivity contribution in [3.05, 3.63) is 40.6 Å². The molecule has 0 unspecified atom stereocenters. The number of hydrogen-bond acceptors (Lipinski definition) is 8. The SMILES string of the molecule is COc1ccc([C@@H]2C3=C(CC(C)(C)CC3=O)Nc3nc(SC)nc(N)c32)cc1OC. The molecule has 2 aromatic rings. The van der Waals surface area contributed by atoms with E-state index in [2.05, 4.69) is 29.1 Å². The minimum absolute atomic E-state index is 0.118. The van der Waals surface area contributed by atoms with E-state index in [1.165, 1.54) is 11.8 Å². The van der Waals surface area contributed by atoms with Gasteiger partial charge in [0.15, 0.2) is 22.4 Å². The maximum absolute atomic E-state index is 13.3.